The topological polar surface area (TPSA) is 90.3 Å². The van der Waals surface area contributed by atoms with E-state index in [1.165, 1.54) is 10.9 Å². The van der Waals surface area contributed by atoms with Gasteiger partial charge in [0.1, 0.15) is 11.4 Å². The molecule has 0 spiro atoms. The first-order valence-corrected chi connectivity index (χ1v) is 9.58. The average molecular weight is 371 g/mol. The van der Waals surface area contributed by atoms with Crippen molar-refractivity contribution in [1.82, 2.24) is 14.5 Å². The van der Waals surface area contributed by atoms with Gasteiger partial charge < -0.3 is 4.74 Å². The molecule has 0 radical (unpaired) electrons. The van der Waals surface area contributed by atoms with Gasteiger partial charge in [0, 0.05) is 11.8 Å². The summed E-state index contributed by atoms with van der Waals surface area (Å²) in [7, 11) is -2.13. The van der Waals surface area contributed by atoms with Gasteiger partial charge in [-0.2, -0.15) is 5.10 Å². The molecular formula is C18H17N3O4S. The molecule has 2 aromatic carbocycles. The van der Waals surface area contributed by atoms with E-state index in [0.29, 0.717) is 17.0 Å². The Labute approximate surface area is 151 Å². The molecule has 0 saturated heterocycles. The highest BCUT2D eigenvalue weighted by atomic mass is 32.2. The predicted octanol–water partition coefficient (Wildman–Crippen LogP) is 2.24. The number of sulfonamides is 1. The predicted molar refractivity (Wildman–Crippen MR) is 97.9 cm³/mol. The van der Waals surface area contributed by atoms with Gasteiger partial charge in [0.15, 0.2) is 0 Å². The van der Waals surface area contributed by atoms with Crippen LogP contribution in [0.4, 0.5) is 0 Å². The van der Waals surface area contributed by atoms with Gasteiger partial charge in [-0.25, -0.2) is 17.8 Å². The summed E-state index contributed by atoms with van der Waals surface area (Å²) in [5.74, 6) is -0.0705. The Balaban J connectivity index is 2.10. The Hall–Kier alpha value is -3.13. The van der Waals surface area contributed by atoms with Gasteiger partial charge >= 0.3 is 0 Å². The summed E-state index contributed by atoms with van der Waals surface area (Å²) in [5, 5.41) is 4.48. The highest BCUT2D eigenvalue weighted by molar-refractivity contribution is 7.89. The minimum absolute atomic E-state index is 0.157. The molecule has 0 atom stereocenters. The van der Waals surface area contributed by atoms with Crippen molar-refractivity contribution in [3.63, 3.8) is 0 Å². The van der Waals surface area contributed by atoms with Crippen molar-refractivity contribution in [2.45, 2.75) is 0 Å². The van der Waals surface area contributed by atoms with E-state index in [-0.39, 0.29) is 5.56 Å². The standard InChI is InChI=1S/C18H17N3O4S/c1-25-15-10-8-13(9-11-15)17-16(18(22)20-26(2,23)24)12-21(19-17)14-6-4-3-5-7-14/h3-12H,1-2H3,(H,20,22). The van der Waals surface area contributed by atoms with Crippen LogP contribution in [0, 0.1) is 0 Å². The molecule has 0 saturated carbocycles. The van der Waals surface area contributed by atoms with Crippen LogP contribution in [0.3, 0.4) is 0 Å². The SMILES string of the molecule is COc1ccc(-c2nn(-c3ccccc3)cc2C(=O)NS(C)(=O)=O)cc1. The number of ether oxygens (including phenoxy) is 1. The monoisotopic (exact) mass is 371 g/mol. The van der Waals surface area contributed by atoms with Gasteiger partial charge in [-0.1, -0.05) is 18.2 Å². The largest absolute Gasteiger partial charge is 0.497 e. The number of amides is 1. The Morgan fingerprint density at radius 2 is 1.73 bits per heavy atom. The van der Waals surface area contributed by atoms with Gasteiger partial charge in [-0.3, -0.25) is 4.79 Å². The van der Waals surface area contributed by atoms with Crippen molar-refractivity contribution in [2.75, 3.05) is 13.4 Å². The van der Waals surface area contributed by atoms with Crippen LogP contribution >= 0.6 is 0 Å². The van der Waals surface area contributed by atoms with E-state index in [0.717, 1.165) is 11.9 Å². The van der Waals surface area contributed by atoms with Gasteiger partial charge in [0.2, 0.25) is 10.0 Å². The number of nitrogens with one attached hydrogen (secondary N) is 1. The molecular weight excluding hydrogens is 354 g/mol. The molecule has 1 aromatic heterocycles. The molecule has 3 rings (SSSR count). The van der Waals surface area contributed by atoms with Crippen molar-refractivity contribution < 1.29 is 17.9 Å². The van der Waals surface area contributed by atoms with Crippen LogP contribution in [0.15, 0.2) is 60.8 Å². The van der Waals surface area contributed by atoms with E-state index < -0.39 is 15.9 Å². The zero-order valence-corrected chi connectivity index (χ0v) is 15.0. The quantitative estimate of drug-likeness (QED) is 0.743. The molecule has 1 N–H and O–H groups in total. The molecule has 0 fully saturated rings. The second-order valence-corrected chi connectivity index (χ2v) is 7.35. The molecule has 0 bridgehead atoms. The fourth-order valence-electron chi connectivity index (χ4n) is 2.44. The lowest BCUT2D eigenvalue weighted by atomic mass is 10.1. The molecule has 8 heteroatoms. The maximum Gasteiger partial charge on any atom is 0.268 e. The average Bonchev–Trinajstić information content (AvgIpc) is 3.07. The summed E-state index contributed by atoms with van der Waals surface area (Å²) >= 11 is 0. The first-order valence-electron chi connectivity index (χ1n) is 7.69. The van der Waals surface area contributed by atoms with Crippen LogP contribution in [0.25, 0.3) is 16.9 Å². The molecule has 0 aliphatic carbocycles. The first-order chi connectivity index (χ1) is 12.4. The zero-order valence-electron chi connectivity index (χ0n) is 14.2. The number of nitrogens with zero attached hydrogens (tertiary/aromatic N) is 2. The van der Waals surface area contributed by atoms with Crippen LogP contribution in [-0.2, 0) is 10.0 Å². The number of benzene rings is 2. The van der Waals surface area contributed by atoms with Crippen molar-refractivity contribution in [1.29, 1.82) is 0 Å². The van der Waals surface area contributed by atoms with E-state index >= 15 is 0 Å². The van der Waals surface area contributed by atoms with Crippen molar-refractivity contribution >= 4 is 15.9 Å². The molecule has 0 aliphatic rings. The number of carbonyl (C=O) groups excluding carboxylic acids is 1. The van der Waals surface area contributed by atoms with Crippen LogP contribution in [-0.4, -0.2) is 37.5 Å². The molecule has 26 heavy (non-hydrogen) atoms. The van der Waals surface area contributed by atoms with E-state index in [1.54, 1.807) is 31.4 Å². The fourth-order valence-corrected chi connectivity index (χ4v) is 2.89. The number of para-hydroxylation sites is 1. The molecule has 0 unspecified atom stereocenters. The van der Waals surface area contributed by atoms with E-state index in [2.05, 4.69) is 5.10 Å². The number of carbonyl (C=O) groups is 1. The summed E-state index contributed by atoms with van der Waals surface area (Å²) in [6, 6.07) is 16.2. The normalized spacial score (nSPS) is 11.2. The highest BCUT2D eigenvalue weighted by Gasteiger charge is 2.21. The van der Waals surface area contributed by atoms with E-state index in [9.17, 15) is 13.2 Å². The zero-order chi connectivity index (χ0) is 18.7. The Morgan fingerprint density at radius 1 is 1.08 bits per heavy atom. The van der Waals surface area contributed by atoms with Gasteiger partial charge in [0.05, 0.1) is 24.6 Å². The lowest BCUT2D eigenvalue weighted by Crippen LogP contribution is -2.29. The Morgan fingerprint density at radius 3 is 2.31 bits per heavy atom. The summed E-state index contributed by atoms with van der Waals surface area (Å²) in [6.07, 6.45) is 2.44. The van der Waals surface area contributed by atoms with Crippen LogP contribution in [0.5, 0.6) is 5.75 Å². The first kappa shape index (κ1) is 17.7. The number of methoxy groups -OCH3 is 1. The number of aromatic nitrogens is 2. The number of hydrogen-bond acceptors (Lipinski definition) is 5. The smallest absolute Gasteiger partial charge is 0.268 e. The van der Waals surface area contributed by atoms with Crippen molar-refractivity contribution in [2.24, 2.45) is 0 Å². The lowest BCUT2D eigenvalue weighted by molar-refractivity contribution is 0.0982. The molecule has 7 nitrogen and oxygen atoms in total. The third kappa shape index (κ3) is 3.92. The summed E-state index contributed by atoms with van der Waals surface area (Å²) in [6.45, 7) is 0. The maximum absolute atomic E-state index is 12.5. The minimum Gasteiger partial charge on any atom is -0.497 e. The lowest BCUT2D eigenvalue weighted by Gasteiger charge is -2.04. The van der Waals surface area contributed by atoms with Gasteiger partial charge in [-0.15, -0.1) is 0 Å². The Kier molecular flexibility index (Phi) is 4.77. The fraction of sp³-hybridized carbons (Fsp3) is 0.111. The molecule has 3 aromatic rings. The molecule has 0 aliphatic heterocycles. The van der Waals surface area contributed by atoms with Crippen LogP contribution < -0.4 is 9.46 Å². The van der Waals surface area contributed by atoms with Gasteiger partial charge in [-0.05, 0) is 36.4 Å². The second-order valence-electron chi connectivity index (χ2n) is 5.60. The minimum atomic E-state index is -3.69. The van der Waals surface area contributed by atoms with Crippen molar-refractivity contribution in [3.05, 3.63) is 66.4 Å². The summed E-state index contributed by atoms with van der Waals surface area (Å²) in [4.78, 5) is 12.5. The summed E-state index contributed by atoms with van der Waals surface area (Å²) in [5.41, 5.74) is 1.95. The number of rotatable bonds is 5. The van der Waals surface area contributed by atoms with E-state index in [1.807, 2.05) is 35.1 Å². The third-order valence-corrected chi connectivity index (χ3v) is 4.18. The van der Waals surface area contributed by atoms with Crippen LogP contribution in [0.2, 0.25) is 0 Å². The van der Waals surface area contributed by atoms with Gasteiger partial charge in [0.25, 0.3) is 5.91 Å². The molecule has 134 valence electrons. The molecule has 1 amide bonds. The number of hydrogen-bond donors (Lipinski definition) is 1. The van der Waals surface area contributed by atoms with Crippen LogP contribution in [0.1, 0.15) is 10.4 Å². The maximum atomic E-state index is 12.5. The van der Waals surface area contributed by atoms with Crippen molar-refractivity contribution in [3.8, 4) is 22.7 Å². The summed E-state index contributed by atoms with van der Waals surface area (Å²) < 4.78 is 31.6. The second kappa shape index (κ2) is 7.01. The molecule has 1 heterocycles. The third-order valence-electron chi connectivity index (χ3n) is 3.62. The Bertz CT molecular complexity index is 1030. The van der Waals surface area contributed by atoms with E-state index in [4.69, 9.17) is 4.74 Å². The highest BCUT2D eigenvalue weighted by Crippen LogP contribution is 2.26.